The number of anilines is 1. The number of ether oxygens (including phenoxy) is 1. The maximum Gasteiger partial charge on any atom is 0.167 e. The first-order valence-electron chi connectivity index (χ1n) is 10.9. The maximum absolute atomic E-state index is 13.5. The van der Waals surface area contributed by atoms with Gasteiger partial charge in [0.1, 0.15) is 23.1 Å². The van der Waals surface area contributed by atoms with E-state index in [0.717, 1.165) is 40.5 Å². The van der Waals surface area contributed by atoms with E-state index < -0.39 is 0 Å². The number of hydrogen-bond donors (Lipinski definition) is 0. The second-order valence-corrected chi connectivity index (χ2v) is 8.45. The molecule has 33 heavy (non-hydrogen) atoms. The zero-order chi connectivity index (χ0) is 23.1. The summed E-state index contributed by atoms with van der Waals surface area (Å²) in [4.78, 5) is 11.9. The fraction of sp³-hybridized carbons (Fsp3) is 0.269. The summed E-state index contributed by atoms with van der Waals surface area (Å²) in [5.74, 6) is 2.83. The van der Waals surface area contributed by atoms with E-state index in [0.29, 0.717) is 18.1 Å². The molecule has 0 radical (unpaired) electrons. The van der Waals surface area contributed by atoms with Crippen molar-refractivity contribution in [1.29, 1.82) is 0 Å². The Kier molecular flexibility index (Phi) is 5.32. The number of nitrogens with zero attached hydrogens (tertiary/aromatic N) is 4. The second kappa shape index (κ2) is 8.31. The fourth-order valence-electron chi connectivity index (χ4n) is 4.55. The highest BCUT2D eigenvalue weighted by Gasteiger charge is 2.33. The molecule has 0 spiro atoms. The third-order valence-corrected chi connectivity index (χ3v) is 6.28. The molecular formula is C26H25FN4O2. The van der Waals surface area contributed by atoms with E-state index in [-0.39, 0.29) is 11.7 Å². The Morgan fingerprint density at radius 1 is 1.09 bits per heavy atom. The van der Waals surface area contributed by atoms with Crippen molar-refractivity contribution in [3.05, 3.63) is 88.2 Å². The highest BCUT2D eigenvalue weighted by Crippen LogP contribution is 2.42. The lowest BCUT2D eigenvalue weighted by Gasteiger charge is -2.20. The van der Waals surface area contributed by atoms with Crippen molar-refractivity contribution in [2.45, 2.75) is 33.2 Å². The summed E-state index contributed by atoms with van der Waals surface area (Å²) in [6.45, 7) is 7.22. The van der Waals surface area contributed by atoms with Crippen LogP contribution in [0.1, 0.15) is 39.6 Å². The van der Waals surface area contributed by atoms with E-state index in [1.807, 2.05) is 38.2 Å². The van der Waals surface area contributed by atoms with Gasteiger partial charge in [0.15, 0.2) is 5.82 Å². The minimum Gasteiger partial charge on any atom is -0.497 e. The molecule has 1 atom stereocenters. The summed E-state index contributed by atoms with van der Waals surface area (Å²) in [7, 11) is 1.68. The molecule has 0 saturated carbocycles. The van der Waals surface area contributed by atoms with Crippen molar-refractivity contribution in [3.63, 3.8) is 0 Å². The first-order chi connectivity index (χ1) is 15.9. The lowest BCUT2D eigenvalue weighted by Crippen LogP contribution is -2.22. The topological polar surface area (TPSA) is 64.3 Å². The largest absolute Gasteiger partial charge is 0.497 e. The number of aryl methyl sites for hydroxylation is 3. The minimum absolute atomic E-state index is 0.0919. The Morgan fingerprint density at radius 3 is 2.58 bits per heavy atom. The zero-order valence-corrected chi connectivity index (χ0v) is 19.1. The van der Waals surface area contributed by atoms with Crippen molar-refractivity contribution in [1.82, 2.24) is 15.1 Å². The monoisotopic (exact) mass is 444 g/mol. The van der Waals surface area contributed by atoms with Gasteiger partial charge < -0.3 is 14.2 Å². The summed E-state index contributed by atoms with van der Waals surface area (Å²) in [6.07, 6.45) is 1.91. The Labute approximate surface area is 192 Å². The van der Waals surface area contributed by atoms with Crippen LogP contribution < -0.4 is 9.64 Å². The second-order valence-electron chi connectivity index (χ2n) is 8.45. The first kappa shape index (κ1) is 21.1. The van der Waals surface area contributed by atoms with Crippen LogP contribution in [0.25, 0.3) is 11.4 Å². The number of aromatic nitrogens is 3. The molecule has 0 saturated heterocycles. The zero-order valence-electron chi connectivity index (χ0n) is 19.1. The quantitative estimate of drug-likeness (QED) is 0.413. The van der Waals surface area contributed by atoms with Gasteiger partial charge in [-0.15, -0.1) is 0 Å². The van der Waals surface area contributed by atoms with Gasteiger partial charge in [-0.1, -0.05) is 23.4 Å². The Balaban J connectivity index is 1.61. The predicted molar refractivity (Wildman–Crippen MR) is 124 cm³/mol. The van der Waals surface area contributed by atoms with Gasteiger partial charge in [0, 0.05) is 30.8 Å². The summed E-state index contributed by atoms with van der Waals surface area (Å²) in [6, 6.07) is 12.8. The number of hydrogen-bond acceptors (Lipinski definition) is 6. The molecule has 0 aliphatic carbocycles. The van der Waals surface area contributed by atoms with Crippen molar-refractivity contribution >= 4 is 5.82 Å². The standard InChI is InChI=1S/C26H25FN4O2/c1-15-5-10-20(32-4)11-21(15)23-14-31(13-18-6-8-19(27)9-7-18)26-22(23)12-28-25(29-26)24-16(2)30-33-17(24)3/h5-12,23H,13-14H2,1-4H3. The summed E-state index contributed by atoms with van der Waals surface area (Å²) < 4.78 is 24.3. The van der Waals surface area contributed by atoms with E-state index in [1.54, 1.807) is 7.11 Å². The SMILES string of the molecule is COc1ccc(C)c(C2CN(Cc3ccc(F)cc3)c3nc(-c4c(C)noc4C)ncc32)c1. The van der Waals surface area contributed by atoms with Gasteiger partial charge in [0.25, 0.3) is 0 Å². The molecule has 4 aromatic rings. The number of fused-ring (bicyclic) bond motifs is 1. The average molecular weight is 445 g/mol. The third kappa shape index (κ3) is 3.84. The fourth-order valence-corrected chi connectivity index (χ4v) is 4.55. The lowest BCUT2D eigenvalue weighted by molar-refractivity contribution is 0.393. The summed E-state index contributed by atoms with van der Waals surface area (Å²) in [5.41, 5.74) is 6.03. The van der Waals surface area contributed by atoms with E-state index in [1.165, 1.54) is 23.3 Å². The molecule has 1 unspecified atom stereocenters. The van der Waals surface area contributed by atoms with E-state index in [9.17, 15) is 4.39 Å². The molecule has 3 heterocycles. The average Bonchev–Trinajstić information content (AvgIpc) is 3.34. The van der Waals surface area contributed by atoms with Crippen LogP contribution in [-0.2, 0) is 6.54 Å². The Hall–Kier alpha value is -3.74. The summed E-state index contributed by atoms with van der Waals surface area (Å²) in [5, 5.41) is 4.06. The molecule has 0 bridgehead atoms. The molecule has 1 aliphatic rings. The Bertz CT molecular complexity index is 1300. The highest BCUT2D eigenvalue weighted by molar-refractivity contribution is 5.66. The van der Waals surface area contributed by atoms with Crippen LogP contribution in [0.15, 0.2) is 53.2 Å². The normalized spacial score (nSPS) is 15.1. The molecule has 1 aliphatic heterocycles. The number of halogens is 1. The van der Waals surface area contributed by atoms with Crippen LogP contribution in [0.5, 0.6) is 5.75 Å². The molecule has 168 valence electrons. The van der Waals surface area contributed by atoms with Crippen LogP contribution in [0.4, 0.5) is 10.2 Å². The van der Waals surface area contributed by atoms with Crippen molar-refractivity contribution < 1.29 is 13.7 Å². The smallest absolute Gasteiger partial charge is 0.167 e. The molecule has 0 amide bonds. The van der Waals surface area contributed by atoms with Crippen LogP contribution >= 0.6 is 0 Å². The van der Waals surface area contributed by atoms with Crippen LogP contribution in [0.3, 0.4) is 0 Å². The van der Waals surface area contributed by atoms with E-state index >= 15 is 0 Å². The van der Waals surface area contributed by atoms with E-state index in [2.05, 4.69) is 29.1 Å². The van der Waals surface area contributed by atoms with Crippen molar-refractivity contribution in [2.24, 2.45) is 0 Å². The Morgan fingerprint density at radius 2 is 1.88 bits per heavy atom. The molecule has 2 aromatic carbocycles. The van der Waals surface area contributed by atoms with Gasteiger partial charge in [-0.2, -0.15) is 0 Å². The van der Waals surface area contributed by atoms with Gasteiger partial charge in [-0.3, -0.25) is 0 Å². The number of rotatable bonds is 5. The number of methoxy groups -OCH3 is 1. The molecule has 7 heteroatoms. The first-order valence-corrected chi connectivity index (χ1v) is 10.9. The lowest BCUT2D eigenvalue weighted by atomic mass is 9.91. The minimum atomic E-state index is -0.242. The third-order valence-electron chi connectivity index (χ3n) is 6.28. The molecule has 0 N–H and O–H groups in total. The molecule has 6 nitrogen and oxygen atoms in total. The van der Waals surface area contributed by atoms with Crippen LogP contribution in [0.2, 0.25) is 0 Å². The van der Waals surface area contributed by atoms with Gasteiger partial charge >= 0.3 is 0 Å². The van der Waals surface area contributed by atoms with Crippen LogP contribution in [0, 0.1) is 26.6 Å². The maximum atomic E-state index is 13.5. The molecule has 5 rings (SSSR count). The van der Waals surface area contributed by atoms with Crippen molar-refractivity contribution in [3.8, 4) is 17.1 Å². The molecular weight excluding hydrogens is 419 g/mol. The van der Waals surface area contributed by atoms with Gasteiger partial charge in [-0.05, 0) is 61.7 Å². The molecule has 0 fully saturated rings. The highest BCUT2D eigenvalue weighted by atomic mass is 19.1. The summed E-state index contributed by atoms with van der Waals surface area (Å²) >= 11 is 0. The molecule has 2 aromatic heterocycles. The van der Waals surface area contributed by atoms with Gasteiger partial charge in [-0.25, -0.2) is 14.4 Å². The predicted octanol–water partition coefficient (Wildman–Crippen LogP) is 5.36. The van der Waals surface area contributed by atoms with Gasteiger partial charge in [0.2, 0.25) is 0 Å². The van der Waals surface area contributed by atoms with Crippen LogP contribution in [-0.4, -0.2) is 28.8 Å². The number of benzene rings is 2. The van der Waals surface area contributed by atoms with Crippen molar-refractivity contribution in [2.75, 3.05) is 18.6 Å². The van der Waals surface area contributed by atoms with E-state index in [4.69, 9.17) is 19.2 Å². The van der Waals surface area contributed by atoms with Gasteiger partial charge in [0.05, 0.1) is 18.4 Å².